The third-order valence-electron chi connectivity index (χ3n) is 5.39. The van der Waals surface area contributed by atoms with Gasteiger partial charge in [0.05, 0.1) is 11.4 Å². The zero-order valence-electron chi connectivity index (χ0n) is 18.7. The molecule has 0 unspecified atom stereocenters. The molecule has 172 valence electrons. The van der Waals surface area contributed by atoms with Crippen LogP contribution in [0.4, 0.5) is 11.5 Å². The SMILES string of the molecule is CN1CCN(c2ccc(Sc3cccc(NC(=O)CN)c3)c(OCc3ccccc3)n2)CC1. The highest BCUT2D eigenvalue weighted by Crippen LogP contribution is 2.36. The molecular formula is C25H29N5O2S. The zero-order valence-corrected chi connectivity index (χ0v) is 19.6. The molecule has 1 aromatic heterocycles. The van der Waals surface area contributed by atoms with Gasteiger partial charge in [-0.2, -0.15) is 4.98 Å². The fraction of sp³-hybridized carbons (Fsp3) is 0.280. The summed E-state index contributed by atoms with van der Waals surface area (Å²) in [6.45, 7) is 4.31. The van der Waals surface area contributed by atoms with Gasteiger partial charge in [0.1, 0.15) is 12.4 Å². The number of amides is 1. The maximum absolute atomic E-state index is 11.7. The van der Waals surface area contributed by atoms with Gasteiger partial charge in [-0.1, -0.05) is 48.2 Å². The number of anilines is 2. The summed E-state index contributed by atoms with van der Waals surface area (Å²) in [6, 6.07) is 21.9. The van der Waals surface area contributed by atoms with Gasteiger partial charge in [0.15, 0.2) is 0 Å². The molecule has 2 heterocycles. The zero-order chi connectivity index (χ0) is 23.0. The topological polar surface area (TPSA) is 83.7 Å². The minimum absolute atomic E-state index is 0.0491. The first kappa shape index (κ1) is 23.1. The van der Waals surface area contributed by atoms with Crippen LogP contribution in [-0.4, -0.2) is 55.6 Å². The van der Waals surface area contributed by atoms with E-state index in [1.807, 2.05) is 54.6 Å². The van der Waals surface area contributed by atoms with Crippen molar-refractivity contribution in [3.05, 3.63) is 72.3 Å². The summed E-state index contributed by atoms with van der Waals surface area (Å²) in [5.74, 6) is 1.32. The van der Waals surface area contributed by atoms with E-state index in [-0.39, 0.29) is 12.5 Å². The molecule has 7 nitrogen and oxygen atoms in total. The van der Waals surface area contributed by atoms with E-state index >= 15 is 0 Å². The van der Waals surface area contributed by atoms with Crippen molar-refractivity contribution in [2.24, 2.45) is 5.73 Å². The van der Waals surface area contributed by atoms with Crippen LogP contribution >= 0.6 is 11.8 Å². The van der Waals surface area contributed by atoms with E-state index in [1.165, 1.54) is 0 Å². The summed E-state index contributed by atoms with van der Waals surface area (Å²) in [5.41, 5.74) is 7.22. The maximum atomic E-state index is 11.7. The molecule has 0 saturated carbocycles. The summed E-state index contributed by atoms with van der Waals surface area (Å²) >= 11 is 1.56. The lowest BCUT2D eigenvalue weighted by Crippen LogP contribution is -2.44. The van der Waals surface area contributed by atoms with E-state index in [9.17, 15) is 4.79 Å². The third-order valence-corrected chi connectivity index (χ3v) is 6.41. The quantitative estimate of drug-likeness (QED) is 0.529. The van der Waals surface area contributed by atoms with E-state index in [2.05, 4.69) is 34.3 Å². The van der Waals surface area contributed by atoms with Gasteiger partial charge >= 0.3 is 0 Å². The Labute approximate surface area is 198 Å². The number of piperazine rings is 1. The van der Waals surface area contributed by atoms with Gasteiger partial charge in [-0.3, -0.25) is 4.79 Å². The smallest absolute Gasteiger partial charge is 0.238 e. The van der Waals surface area contributed by atoms with Gasteiger partial charge in [0, 0.05) is 36.8 Å². The Bertz CT molecular complexity index is 1070. The van der Waals surface area contributed by atoms with Crippen molar-refractivity contribution < 1.29 is 9.53 Å². The number of hydrogen-bond acceptors (Lipinski definition) is 7. The Kier molecular flexibility index (Phi) is 7.83. The molecule has 0 atom stereocenters. The van der Waals surface area contributed by atoms with Crippen LogP contribution < -0.4 is 20.7 Å². The minimum atomic E-state index is -0.220. The number of rotatable bonds is 8. The van der Waals surface area contributed by atoms with E-state index < -0.39 is 0 Å². The number of likely N-dealkylation sites (N-methyl/N-ethyl adjacent to an activating group) is 1. The first-order valence-corrected chi connectivity index (χ1v) is 11.8. The van der Waals surface area contributed by atoms with Gasteiger partial charge < -0.3 is 25.6 Å². The lowest BCUT2D eigenvalue weighted by atomic mass is 10.2. The van der Waals surface area contributed by atoms with E-state index in [4.69, 9.17) is 15.5 Å². The number of ether oxygens (including phenoxy) is 1. The Morgan fingerprint density at radius 3 is 2.61 bits per heavy atom. The molecule has 3 N–H and O–H groups in total. The average molecular weight is 464 g/mol. The summed E-state index contributed by atoms with van der Waals surface area (Å²) in [7, 11) is 2.14. The number of nitrogens with zero attached hydrogens (tertiary/aromatic N) is 3. The van der Waals surface area contributed by atoms with Crippen molar-refractivity contribution >= 4 is 29.2 Å². The number of hydrogen-bond donors (Lipinski definition) is 2. The second kappa shape index (κ2) is 11.2. The molecular weight excluding hydrogens is 434 g/mol. The predicted octanol–water partition coefficient (Wildman–Crippen LogP) is 3.46. The number of carbonyl (C=O) groups excluding carboxylic acids is 1. The van der Waals surface area contributed by atoms with E-state index in [0.29, 0.717) is 18.2 Å². The predicted molar refractivity (Wildman–Crippen MR) is 133 cm³/mol. The molecule has 1 saturated heterocycles. The molecule has 1 aliphatic heterocycles. The lowest BCUT2D eigenvalue weighted by molar-refractivity contribution is -0.114. The first-order valence-electron chi connectivity index (χ1n) is 11.0. The van der Waals surface area contributed by atoms with Crippen LogP contribution in [0.25, 0.3) is 0 Å². The van der Waals surface area contributed by atoms with Crippen molar-refractivity contribution in [1.29, 1.82) is 0 Å². The van der Waals surface area contributed by atoms with Gasteiger partial charge in [-0.25, -0.2) is 0 Å². The molecule has 0 radical (unpaired) electrons. The highest BCUT2D eigenvalue weighted by atomic mass is 32.2. The molecule has 3 aromatic rings. The highest BCUT2D eigenvalue weighted by Gasteiger charge is 2.18. The van der Waals surface area contributed by atoms with Gasteiger partial charge in [-0.15, -0.1) is 0 Å². The molecule has 33 heavy (non-hydrogen) atoms. The van der Waals surface area contributed by atoms with Crippen molar-refractivity contribution in [3.63, 3.8) is 0 Å². The highest BCUT2D eigenvalue weighted by molar-refractivity contribution is 7.99. The summed E-state index contributed by atoms with van der Waals surface area (Å²) in [5, 5.41) is 2.80. The molecule has 1 aliphatic rings. The standard InChI is InChI=1S/C25H29N5O2S/c1-29-12-14-30(15-13-29)23-11-10-22(25(28-23)32-18-19-6-3-2-4-7-19)33-21-9-5-8-20(16-21)27-24(31)17-26/h2-11,16H,12-15,17-18,26H2,1H3,(H,27,31). The van der Waals surface area contributed by atoms with E-state index in [1.54, 1.807) is 11.8 Å². The Hall–Kier alpha value is -3.07. The van der Waals surface area contributed by atoms with E-state index in [0.717, 1.165) is 47.4 Å². The number of nitrogens with one attached hydrogen (secondary N) is 1. The molecule has 1 amide bonds. The summed E-state index contributed by atoms with van der Waals surface area (Å²) < 4.78 is 6.20. The number of nitrogens with two attached hydrogens (primary N) is 1. The Morgan fingerprint density at radius 1 is 1.06 bits per heavy atom. The molecule has 8 heteroatoms. The molecule has 2 aromatic carbocycles. The maximum Gasteiger partial charge on any atom is 0.238 e. The fourth-order valence-corrected chi connectivity index (χ4v) is 4.43. The van der Waals surface area contributed by atoms with Crippen LogP contribution in [0.3, 0.4) is 0 Å². The van der Waals surface area contributed by atoms with Crippen LogP contribution in [0.2, 0.25) is 0 Å². The molecule has 0 bridgehead atoms. The van der Waals surface area contributed by atoms with Crippen molar-refractivity contribution in [2.75, 3.05) is 50.0 Å². The van der Waals surface area contributed by atoms with Crippen molar-refractivity contribution in [2.45, 2.75) is 16.4 Å². The lowest BCUT2D eigenvalue weighted by Gasteiger charge is -2.33. The number of pyridine rings is 1. The van der Waals surface area contributed by atoms with Crippen LogP contribution in [0.15, 0.2) is 76.5 Å². The van der Waals surface area contributed by atoms with Gasteiger partial charge in [0.25, 0.3) is 0 Å². The number of carbonyl (C=O) groups is 1. The molecule has 1 fully saturated rings. The van der Waals surface area contributed by atoms with Gasteiger partial charge in [-0.05, 0) is 42.9 Å². The normalized spacial score (nSPS) is 14.2. The molecule has 4 rings (SSSR count). The second-order valence-electron chi connectivity index (χ2n) is 7.92. The monoisotopic (exact) mass is 463 g/mol. The number of aromatic nitrogens is 1. The Morgan fingerprint density at radius 2 is 1.85 bits per heavy atom. The third kappa shape index (κ3) is 6.47. The molecule has 0 spiro atoms. The Balaban J connectivity index is 1.56. The van der Waals surface area contributed by atoms with Crippen LogP contribution in [0.5, 0.6) is 5.88 Å². The minimum Gasteiger partial charge on any atom is -0.472 e. The van der Waals surface area contributed by atoms with Crippen molar-refractivity contribution in [3.8, 4) is 5.88 Å². The van der Waals surface area contributed by atoms with Crippen LogP contribution in [0.1, 0.15) is 5.56 Å². The molecule has 0 aliphatic carbocycles. The fourth-order valence-electron chi connectivity index (χ4n) is 3.51. The summed E-state index contributed by atoms with van der Waals surface area (Å²) in [6.07, 6.45) is 0. The first-order chi connectivity index (χ1) is 16.1. The second-order valence-corrected chi connectivity index (χ2v) is 9.03. The average Bonchev–Trinajstić information content (AvgIpc) is 2.85. The van der Waals surface area contributed by atoms with Crippen LogP contribution in [-0.2, 0) is 11.4 Å². The largest absolute Gasteiger partial charge is 0.472 e. The van der Waals surface area contributed by atoms with Crippen molar-refractivity contribution in [1.82, 2.24) is 9.88 Å². The number of benzene rings is 2. The summed E-state index contributed by atoms with van der Waals surface area (Å²) in [4.78, 5) is 23.1. The van der Waals surface area contributed by atoms with Gasteiger partial charge in [0.2, 0.25) is 11.8 Å². The van der Waals surface area contributed by atoms with Crippen LogP contribution in [0, 0.1) is 0 Å².